The van der Waals surface area contributed by atoms with Crippen molar-refractivity contribution in [1.29, 1.82) is 0 Å². The minimum atomic E-state index is -0.405. The van der Waals surface area contributed by atoms with Crippen LogP contribution in [-0.4, -0.2) is 19.1 Å². The lowest BCUT2D eigenvalue weighted by Crippen LogP contribution is -2.18. The smallest absolute Gasteiger partial charge is 0.250 e. The van der Waals surface area contributed by atoms with Crippen molar-refractivity contribution in [2.75, 3.05) is 18.5 Å². The molecule has 5 heteroatoms. The van der Waals surface area contributed by atoms with Crippen LogP contribution in [-0.2, 0) is 9.53 Å². The lowest BCUT2D eigenvalue weighted by molar-refractivity contribution is -0.120. The second-order valence-corrected chi connectivity index (χ2v) is 4.12. The highest BCUT2D eigenvalue weighted by Gasteiger charge is 2.08. The molecule has 0 spiro atoms. The third-order valence-electron chi connectivity index (χ3n) is 1.98. The quantitative estimate of drug-likeness (QED) is 0.926. The molecule has 0 atom stereocenters. The first-order valence-electron chi connectivity index (χ1n) is 4.87. The number of benzene rings is 1. The summed E-state index contributed by atoms with van der Waals surface area (Å²) in [4.78, 5) is 11.3. The van der Waals surface area contributed by atoms with Gasteiger partial charge in [0, 0.05) is 12.3 Å². The first kappa shape index (κ1) is 13.1. The maximum absolute atomic E-state index is 13.2. The summed E-state index contributed by atoms with van der Waals surface area (Å²) in [5, 5.41) is 2.59. The van der Waals surface area contributed by atoms with Crippen LogP contribution in [0.5, 0.6) is 0 Å². The van der Waals surface area contributed by atoms with Crippen molar-refractivity contribution in [1.82, 2.24) is 0 Å². The van der Waals surface area contributed by atoms with Crippen molar-refractivity contribution in [3.8, 4) is 0 Å². The van der Waals surface area contributed by atoms with E-state index in [1.807, 2.05) is 0 Å². The zero-order valence-corrected chi connectivity index (χ0v) is 10.7. The molecule has 0 aliphatic rings. The molecule has 1 aromatic rings. The van der Waals surface area contributed by atoms with Crippen LogP contribution in [0.4, 0.5) is 10.1 Å². The van der Waals surface area contributed by atoms with Crippen LogP contribution in [0, 0.1) is 12.7 Å². The SMILES string of the molecule is CCOCC(=O)Nc1cc(F)c(Br)cc1C. The zero-order chi connectivity index (χ0) is 12.1. The molecule has 0 aliphatic carbocycles. The van der Waals surface area contributed by atoms with Gasteiger partial charge in [0.1, 0.15) is 12.4 Å². The monoisotopic (exact) mass is 289 g/mol. The number of halogens is 2. The van der Waals surface area contributed by atoms with Gasteiger partial charge in [-0.25, -0.2) is 4.39 Å². The van der Waals surface area contributed by atoms with Gasteiger partial charge in [-0.2, -0.15) is 0 Å². The Hall–Kier alpha value is -0.940. The fraction of sp³-hybridized carbons (Fsp3) is 0.364. The molecule has 0 fully saturated rings. The van der Waals surface area contributed by atoms with Crippen LogP contribution in [0.2, 0.25) is 0 Å². The average molecular weight is 290 g/mol. The average Bonchev–Trinajstić information content (AvgIpc) is 2.23. The van der Waals surface area contributed by atoms with Crippen LogP contribution in [0.25, 0.3) is 0 Å². The lowest BCUT2D eigenvalue weighted by atomic mass is 10.2. The first-order valence-corrected chi connectivity index (χ1v) is 5.67. The maximum Gasteiger partial charge on any atom is 0.250 e. The fourth-order valence-electron chi connectivity index (χ4n) is 1.16. The Morgan fingerprint density at radius 2 is 2.25 bits per heavy atom. The number of rotatable bonds is 4. The Labute approximate surface area is 102 Å². The van der Waals surface area contributed by atoms with E-state index >= 15 is 0 Å². The van der Waals surface area contributed by atoms with E-state index in [1.54, 1.807) is 19.9 Å². The third kappa shape index (κ3) is 3.57. The second-order valence-electron chi connectivity index (χ2n) is 3.27. The van der Waals surface area contributed by atoms with Crippen molar-refractivity contribution in [2.24, 2.45) is 0 Å². The third-order valence-corrected chi connectivity index (χ3v) is 2.59. The van der Waals surface area contributed by atoms with Crippen LogP contribution in [0.3, 0.4) is 0 Å². The van der Waals surface area contributed by atoms with Gasteiger partial charge in [0.15, 0.2) is 0 Å². The van der Waals surface area contributed by atoms with E-state index < -0.39 is 5.82 Å². The van der Waals surface area contributed by atoms with Gasteiger partial charge < -0.3 is 10.1 Å². The molecule has 0 radical (unpaired) electrons. The largest absolute Gasteiger partial charge is 0.372 e. The number of carbonyl (C=O) groups excluding carboxylic acids is 1. The van der Waals surface area contributed by atoms with Gasteiger partial charge in [-0.15, -0.1) is 0 Å². The van der Waals surface area contributed by atoms with Crippen LogP contribution in [0.15, 0.2) is 16.6 Å². The van der Waals surface area contributed by atoms with E-state index in [9.17, 15) is 9.18 Å². The number of hydrogen-bond donors (Lipinski definition) is 1. The van der Waals surface area contributed by atoms with Gasteiger partial charge in [0.25, 0.3) is 0 Å². The summed E-state index contributed by atoms with van der Waals surface area (Å²) in [6.07, 6.45) is 0. The molecule has 1 amide bonds. The van der Waals surface area contributed by atoms with Gasteiger partial charge >= 0.3 is 0 Å². The van der Waals surface area contributed by atoms with Crippen molar-refractivity contribution in [3.05, 3.63) is 28.0 Å². The van der Waals surface area contributed by atoms with E-state index in [1.165, 1.54) is 6.07 Å². The molecule has 88 valence electrons. The number of amides is 1. The minimum Gasteiger partial charge on any atom is -0.372 e. The summed E-state index contributed by atoms with van der Waals surface area (Å²) < 4.78 is 18.6. The first-order chi connectivity index (χ1) is 7.54. The van der Waals surface area contributed by atoms with Gasteiger partial charge in [0.2, 0.25) is 5.91 Å². The maximum atomic E-state index is 13.2. The molecule has 0 aliphatic heterocycles. The lowest BCUT2D eigenvalue weighted by Gasteiger charge is -2.09. The van der Waals surface area contributed by atoms with Crippen molar-refractivity contribution >= 4 is 27.5 Å². The molecule has 1 rings (SSSR count). The molecule has 0 aromatic heterocycles. The molecular weight excluding hydrogens is 277 g/mol. The van der Waals surface area contributed by atoms with E-state index in [4.69, 9.17) is 4.74 Å². The summed E-state index contributed by atoms with van der Waals surface area (Å²) in [5.41, 5.74) is 1.25. The van der Waals surface area contributed by atoms with Crippen LogP contribution >= 0.6 is 15.9 Å². The molecule has 0 saturated carbocycles. The van der Waals surface area contributed by atoms with E-state index in [-0.39, 0.29) is 12.5 Å². The number of carbonyl (C=O) groups is 1. The zero-order valence-electron chi connectivity index (χ0n) is 9.14. The molecule has 16 heavy (non-hydrogen) atoms. The summed E-state index contributed by atoms with van der Waals surface area (Å²) in [6, 6.07) is 2.90. The second kappa shape index (κ2) is 5.96. The highest BCUT2D eigenvalue weighted by atomic mass is 79.9. The molecule has 0 unspecified atom stereocenters. The molecule has 0 bridgehead atoms. The Morgan fingerprint density at radius 3 is 2.88 bits per heavy atom. The van der Waals surface area contributed by atoms with E-state index in [0.29, 0.717) is 16.8 Å². The predicted molar refractivity (Wildman–Crippen MR) is 64.0 cm³/mol. The molecule has 3 nitrogen and oxygen atoms in total. The van der Waals surface area contributed by atoms with Gasteiger partial charge in [0.05, 0.1) is 4.47 Å². The van der Waals surface area contributed by atoms with Crippen LogP contribution < -0.4 is 5.32 Å². The Kier molecular flexibility index (Phi) is 4.89. The highest BCUT2D eigenvalue weighted by molar-refractivity contribution is 9.10. The number of ether oxygens (including phenoxy) is 1. The van der Waals surface area contributed by atoms with Gasteiger partial charge in [-0.05, 0) is 47.5 Å². The molecule has 0 heterocycles. The fourth-order valence-corrected chi connectivity index (χ4v) is 1.62. The van der Waals surface area contributed by atoms with Crippen molar-refractivity contribution in [3.63, 3.8) is 0 Å². The topological polar surface area (TPSA) is 38.3 Å². The molecular formula is C11H13BrFNO2. The molecule has 1 N–H and O–H groups in total. The summed E-state index contributed by atoms with van der Waals surface area (Å²) in [5.74, 6) is -0.691. The van der Waals surface area contributed by atoms with Crippen LogP contribution in [0.1, 0.15) is 12.5 Å². The number of anilines is 1. The van der Waals surface area contributed by atoms with Crippen molar-refractivity contribution in [2.45, 2.75) is 13.8 Å². The van der Waals surface area contributed by atoms with E-state index in [0.717, 1.165) is 5.56 Å². The van der Waals surface area contributed by atoms with E-state index in [2.05, 4.69) is 21.2 Å². The summed E-state index contributed by atoms with van der Waals surface area (Å²) in [6.45, 7) is 4.05. The predicted octanol–water partition coefficient (Wildman–Crippen LogP) is 2.87. The van der Waals surface area contributed by atoms with Crippen molar-refractivity contribution < 1.29 is 13.9 Å². The minimum absolute atomic E-state index is 0.0202. The normalized spacial score (nSPS) is 10.2. The Bertz CT molecular complexity index is 396. The van der Waals surface area contributed by atoms with Gasteiger partial charge in [-0.3, -0.25) is 4.79 Å². The number of hydrogen-bond acceptors (Lipinski definition) is 2. The number of nitrogens with one attached hydrogen (secondary N) is 1. The molecule has 1 aromatic carbocycles. The number of aryl methyl sites for hydroxylation is 1. The highest BCUT2D eigenvalue weighted by Crippen LogP contribution is 2.23. The Morgan fingerprint density at radius 1 is 1.56 bits per heavy atom. The standard InChI is InChI=1S/C11H13BrFNO2/c1-3-16-6-11(15)14-10-5-9(13)8(12)4-7(10)2/h4-5H,3,6H2,1-2H3,(H,14,15). The summed E-state index contributed by atoms with van der Waals surface area (Å²) in [7, 11) is 0. The molecule has 0 saturated heterocycles. The van der Waals surface area contributed by atoms with Gasteiger partial charge in [-0.1, -0.05) is 0 Å². The summed E-state index contributed by atoms with van der Waals surface area (Å²) >= 11 is 3.08. The Balaban J connectivity index is 2.73.